The Kier molecular flexibility index (Phi) is 5.18. The van der Waals surface area contributed by atoms with Gasteiger partial charge in [0.1, 0.15) is 18.2 Å². The first kappa shape index (κ1) is 15.5. The molecule has 0 aliphatic heterocycles. The third-order valence-electron chi connectivity index (χ3n) is 2.84. The summed E-state index contributed by atoms with van der Waals surface area (Å²) in [5, 5.41) is 9.75. The van der Waals surface area contributed by atoms with E-state index in [-0.39, 0.29) is 12.4 Å². The highest BCUT2D eigenvalue weighted by molar-refractivity contribution is 9.10. The lowest BCUT2D eigenvalue weighted by Crippen LogP contribution is -2.02. The fourth-order valence-electron chi connectivity index (χ4n) is 1.79. The highest BCUT2D eigenvalue weighted by Crippen LogP contribution is 2.30. The second-order valence-electron chi connectivity index (χ2n) is 4.36. The Morgan fingerprint density at radius 2 is 2.00 bits per heavy atom. The molecule has 0 aromatic heterocycles. The van der Waals surface area contributed by atoms with Crippen LogP contribution in [0.15, 0.2) is 45.3 Å². The van der Waals surface area contributed by atoms with Crippen molar-refractivity contribution >= 4 is 31.9 Å². The van der Waals surface area contributed by atoms with Crippen LogP contribution in [-0.4, -0.2) is 5.11 Å². The van der Waals surface area contributed by atoms with Crippen molar-refractivity contribution in [1.82, 2.24) is 0 Å². The molecule has 1 atom stereocenters. The monoisotopic (exact) mass is 402 g/mol. The number of benzene rings is 2. The van der Waals surface area contributed by atoms with Crippen LogP contribution >= 0.6 is 31.9 Å². The average Bonchev–Trinajstić information content (AvgIpc) is 2.41. The van der Waals surface area contributed by atoms with Crippen LogP contribution in [0, 0.1) is 5.82 Å². The van der Waals surface area contributed by atoms with Crippen molar-refractivity contribution < 1.29 is 14.2 Å². The van der Waals surface area contributed by atoms with E-state index in [9.17, 15) is 9.50 Å². The van der Waals surface area contributed by atoms with Crippen LogP contribution in [0.1, 0.15) is 24.2 Å². The van der Waals surface area contributed by atoms with Gasteiger partial charge >= 0.3 is 0 Å². The summed E-state index contributed by atoms with van der Waals surface area (Å²) < 4.78 is 20.4. The Bertz CT molecular complexity index is 615. The molecular weight excluding hydrogens is 391 g/mol. The number of aliphatic hydroxyl groups excluding tert-OH is 1. The number of hydrogen-bond acceptors (Lipinski definition) is 2. The molecule has 2 rings (SSSR count). The molecule has 2 aromatic rings. The summed E-state index contributed by atoms with van der Waals surface area (Å²) in [7, 11) is 0. The van der Waals surface area contributed by atoms with Crippen LogP contribution in [0.25, 0.3) is 0 Å². The van der Waals surface area contributed by atoms with Crippen LogP contribution in [0.5, 0.6) is 5.75 Å². The molecule has 2 aromatic carbocycles. The molecule has 0 bridgehead atoms. The van der Waals surface area contributed by atoms with Gasteiger partial charge in [0.25, 0.3) is 0 Å². The first-order chi connectivity index (χ1) is 9.49. The second-order valence-corrected chi connectivity index (χ2v) is 6.07. The van der Waals surface area contributed by atoms with Crippen molar-refractivity contribution in [1.29, 1.82) is 0 Å². The standard InChI is InChI=1S/C15H13Br2FO2/c1-9(19)12-7-11(16)5-6-14(12)20-8-10-3-2-4-13(18)15(10)17/h2-7,9,19H,8H2,1H3/t9-/m1/s1. The molecule has 0 heterocycles. The molecule has 1 N–H and O–H groups in total. The van der Waals surface area contributed by atoms with Crippen LogP contribution in [-0.2, 0) is 6.61 Å². The van der Waals surface area contributed by atoms with Gasteiger partial charge in [-0.05, 0) is 47.1 Å². The van der Waals surface area contributed by atoms with Gasteiger partial charge < -0.3 is 9.84 Å². The van der Waals surface area contributed by atoms with E-state index in [1.54, 1.807) is 31.2 Å². The van der Waals surface area contributed by atoms with E-state index in [0.29, 0.717) is 21.3 Å². The number of hydrogen-bond donors (Lipinski definition) is 1. The maximum Gasteiger partial charge on any atom is 0.137 e. The summed E-state index contributed by atoms with van der Waals surface area (Å²) in [5.41, 5.74) is 1.40. The van der Waals surface area contributed by atoms with Crippen molar-refractivity contribution in [2.45, 2.75) is 19.6 Å². The molecular formula is C15H13Br2FO2. The molecule has 106 valence electrons. The maximum absolute atomic E-state index is 13.4. The molecule has 0 saturated carbocycles. The zero-order chi connectivity index (χ0) is 14.7. The Balaban J connectivity index is 2.21. The van der Waals surface area contributed by atoms with Crippen LogP contribution < -0.4 is 4.74 Å². The molecule has 0 aliphatic rings. The van der Waals surface area contributed by atoms with Gasteiger partial charge in [-0.1, -0.05) is 28.1 Å². The molecule has 0 unspecified atom stereocenters. The SMILES string of the molecule is C[C@@H](O)c1cc(Br)ccc1OCc1cccc(F)c1Br. The van der Waals surface area contributed by atoms with E-state index in [1.807, 2.05) is 6.07 Å². The predicted octanol–water partition coefficient (Wildman–Crippen LogP) is 4.98. The number of aliphatic hydroxyl groups is 1. The highest BCUT2D eigenvalue weighted by atomic mass is 79.9. The molecule has 0 spiro atoms. The topological polar surface area (TPSA) is 29.5 Å². The zero-order valence-corrected chi connectivity index (χ0v) is 13.9. The summed E-state index contributed by atoms with van der Waals surface area (Å²) in [6, 6.07) is 10.2. The van der Waals surface area contributed by atoms with Gasteiger partial charge in [-0.2, -0.15) is 0 Å². The lowest BCUT2D eigenvalue weighted by molar-refractivity contribution is 0.190. The maximum atomic E-state index is 13.4. The number of halogens is 3. The minimum absolute atomic E-state index is 0.222. The third-order valence-corrected chi connectivity index (χ3v) is 4.22. The van der Waals surface area contributed by atoms with Gasteiger partial charge in [0, 0.05) is 15.6 Å². The van der Waals surface area contributed by atoms with Gasteiger partial charge in [0.05, 0.1) is 10.6 Å². The number of ether oxygens (including phenoxy) is 1. The van der Waals surface area contributed by atoms with Crippen molar-refractivity contribution in [3.63, 3.8) is 0 Å². The van der Waals surface area contributed by atoms with Crippen molar-refractivity contribution in [2.75, 3.05) is 0 Å². The molecule has 0 saturated heterocycles. The fraction of sp³-hybridized carbons (Fsp3) is 0.200. The minimum atomic E-state index is -0.640. The molecule has 20 heavy (non-hydrogen) atoms. The van der Waals surface area contributed by atoms with Crippen LogP contribution in [0.3, 0.4) is 0 Å². The Hall–Kier alpha value is -0.910. The summed E-state index contributed by atoms with van der Waals surface area (Å²) in [5.74, 6) is 0.261. The highest BCUT2D eigenvalue weighted by Gasteiger charge is 2.11. The number of rotatable bonds is 4. The Morgan fingerprint density at radius 3 is 2.70 bits per heavy atom. The van der Waals surface area contributed by atoms with E-state index in [2.05, 4.69) is 31.9 Å². The van der Waals surface area contributed by atoms with Gasteiger partial charge in [-0.25, -0.2) is 4.39 Å². The van der Waals surface area contributed by atoms with E-state index in [1.165, 1.54) is 6.07 Å². The van der Waals surface area contributed by atoms with E-state index in [0.717, 1.165) is 4.47 Å². The van der Waals surface area contributed by atoms with Gasteiger partial charge in [-0.3, -0.25) is 0 Å². The third kappa shape index (κ3) is 3.59. The first-order valence-electron chi connectivity index (χ1n) is 6.02. The summed E-state index contributed by atoms with van der Waals surface area (Å²) in [6.45, 7) is 1.90. The average molecular weight is 404 g/mol. The molecule has 5 heteroatoms. The van der Waals surface area contributed by atoms with E-state index in [4.69, 9.17) is 4.74 Å². The summed E-state index contributed by atoms with van der Waals surface area (Å²) in [6.07, 6.45) is -0.640. The van der Waals surface area contributed by atoms with E-state index >= 15 is 0 Å². The van der Waals surface area contributed by atoms with Gasteiger partial charge in [-0.15, -0.1) is 0 Å². The lowest BCUT2D eigenvalue weighted by atomic mass is 10.1. The Morgan fingerprint density at radius 1 is 1.25 bits per heavy atom. The van der Waals surface area contributed by atoms with Crippen LogP contribution in [0.4, 0.5) is 4.39 Å². The largest absolute Gasteiger partial charge is 0.488 e. The second kappa shape index (κ2) is 6.70. The Labute approximate surface area is 133 Å². The quantitative estimate of drug-likeness (QED) is 0.779. The van der Waals surface area contributed by atoms with Crippen molar-refractivity contribution in [2.24, 2.45) is 0 Å². The molecule has 2 nitrogen and oxygen atoms in total. The summed E-state index contributed by atoms with van der Waals surface area (Å²) in [4.78, 5) is 0. The first-order valence-corrected chi connectivity index (χ1v) is 7.61. The normalized spacial score (nSPS) is 12.2. The molecule has 0 fully saturated rings. The van der Waals surface area contributed by atoms with Crippen molar-refractivity contribution in [3.8, 4) is 5.75 Å². The van der Waals surface area contributed by atoms with Gasteiger partial charge in [0.2, 0.25) is 0 Å². The van der Waals surface area contributed by atoms with E-state index < -0.39 is 6.10 Å². The van der Waals surface area contributed by atoms with Crippen LogP contribution in [0.2, 0.25) is 0 Å². The van der Waals surface area contributed by atoms with Gasteiger partial charge in [0.15, 0.2) is 0 Å². The lowest BCUT2D eigenvalue weighted by Gasteiger charge is -2.14. The molecule has 0 radical (unpaired) electrons. The zero-order valence-electron chi connectivity index (χ0n) is 10.7. The summed E-state index contributed by atoms with van der Waals surface area (Å²) >= 11 is 6.56. The minimum Gasteiger partial charge on any atom is -0.488 e. The smallest absolute Gasteiger partial charge is 0.137 e. The molecule has 0 amide bonds. The fourth-order valence-corrected chi connectivity index (χ4v) is 2.55. The van der Waals surface area contributed by atoms with Crippen molar-refractivity contribution in [3.05, 3.63) is 62.3 Å². The predicted molar refractivity (Wildman–Crippen MR) is 83.2 cm³/mol. The molecule has 0 aliphatic carbocycles.